The summed E-state index contributed by atoms with van der Waals surface area (Å²) in [6.07, 6.45) is 0. The number of carbonyl (C=O) groups is 1. The zero-order chi connectivity index (χ0) is 17.6. The van der Waals surface area contributed by atoms with Gasteiger partial charge in [0.2, 0.25) is 5.91 Å². The fraction of sp³-hybridized carbons (Fsp3) is 0.350. The van der Waals surface area contributed by atoms with Crippen molar-refractivity contribution in [1.29, 1.82) is 0 Å². The molecule has 1 aliphatic heterocycles. The van der Waals surface area contributed by atoms with Gasteiger partial charge in [-0.1, -0.05) is 6.07 Å². The molecule has 1 aliphatic rings. The Balaban J connectivity index is 1.51. The van der Waals surface area contributed by atoms with Crippen LogP contribution in [0.3, 0.4) is 0 Å². The highest BCUT2D eigenvalue weighted by atomic mass is 32.2. The van der Waals surface area contributed by atoms with Crippen molar-refractivity contribution in [3.8, 4) is 0 Å². The van der Waals surface area contributed by atoms with Crippen molar-refractivity contribution >= 4 is 29.0 Å². The van der Waals surface area contributed by atoms with Crippen LogP contribution in [-0.2, 0) is 9.53 Å². The van der Waals surface area contributed by atoms with Gasteiger partial charge in [-0.3, -0.25) is 4.79 Å². The van der Waals surface area contributed by atoms with E-state index < -0.39 is 0 Å². The third kappa shape index (κ3) is 5.00. The van der Waals surface area contributed by atoms with Crippen LogP contribution in [0.25, 0.3) is 0 Å². The molecule has 132 valence electrons. The van der Waals surface area contributed by atoms with E-state index in [1.165, 1.54) is 16.8 Å². The molecule has 0 bridgehead atoms. The minimum atomic E-state index is 0.0161. The second kappa shape index (κ2) is 8.41. The highest BCUT2D eigenvalue weighted by Crippen LogP contribution is 2.22. The summed E-state index contributed by atoms with van der Waals surface area (Å²) in [4.78, 5) is 15.6. The third-order valence-corrected chi connectivity index (χ3v) is 5.37. The van der Waals surface area contributed by atoms with Gasteiger partial charge in [-0.25, -0.2) is 0 Å². The topological polar surface area (TPSA) is 41.6 Å². The molecule has 1 amide bonds. The first-order valence-corrected chi connectivity index (χ1v) is 9.53. The van der Waals surface area contributed by atoms with Crippen LogP contribution in [0.1, 0.15) is 11.1 Å². The van der Waals surface area contributed by atoms with Crippen LogP contribution in [0.2, 0.25) is 0 Å². The molecular weight excluding hydrogens is 332 g/mol. The van der Waals surface area contributed by atoms with Gasteiger partial charge in [-0.15, -0.1) is 11.8 Å². The lowest BCUT2D eigenvalue weighted by Gasteiger charge is -2.28. The first kappa shape index (κ1) is 17.8. The number of nitrogens with zero attached hydrogens (tertiary/aromatic N) is 1. The number of hydrogen-bond acceptors (Lipinski definition) is 4. The summed E-state index contributed by atoms with van der Waals surface area (Å²) in [5, 5.41) is 2.97. The first-order valence-electron chi connectivity index (χ1n) is 8.54. The number of aryl methyl sites for hydroxylation is 2. The van der Waals surface area contributed by atoms with Gasteiger partial charge in [0.1, 0.15) is 0 Å². The maximum atomic E-state index is 12.2. The fourth-order valence-corrected chi connectivity index (χ4v) is 3.52. The molecule has 4 nitrogen and oxygen atoms in total. The van der Waals surface area contributed by atoms with Crippen LogP contribution in [0.15, 0.2) is 47.4 Å². The van der Waals surface area contributed by atoms with Gasteiger partial charge < -0.3 is 15.0 Å². The zero-order valence-electron chi connectivity index (χ0n) is 14.7. The number of benzene rings is 2. The number of rotatable bonds is 5. The van der Waals surface area contributed by atoms with Crippen LogP contribution >= 0.6 is 11.8 Å². The zero-order valence-corrected chi connectivity index (χ0v) is 15.6. The van der Waals surface area contributed by atoms with E-state index in [-0.39, 0.29) is 5.91 Å². The Labute approximate surface area is 153 Å². The highest BCUT2D eigenvalue weighted by Gasteiger charge is 2.11. The Morgan fingerprint density at radius 1 is 1.08 bits per heavy atom. The molecule has 0 aliphatic carbocycles. The van der Waals surface area contributed by atoms with Crippen LogP contribution in [-0.4, -0.2) is 38.0 Å². The van der Waals surface area contributed by atoms with E-state index in [0.717, 1.165) is 36.9 Å². The molecule has 2 aromatic rings. The summed E-state index contributed by atoms with van der Waals surface area (Å²) in [6.45, 7) is 7.56. The first-order chi connectivity index (χ1) is 12.1. The maximum Gasteiger partial charge on any atom is 0.234 e. The number of morpholine rings is 1. The van der Waals surface area contributed by atoms with E-state index in [2.05, 4.69) is 54.4 Å². The normalized spacial score (nSPS) is 14.4. The van der Waals surface area contributed by atoms with Crippen LogP contribution < -0.4 is 10.2 Å². The van der Waals surface area contributed by atoms with Crippen LogP contribution in [0, 0.1) is 13.8 Å². The third-order valence-electron chi connectivity index (χ3n) is 4.38. The van der Waals surface area contributed by atoms with E-state index in [4.69, 9.17) is 4.74 Å². The highest BCUT2D eigenvalue weighted by molar-refractivity contribution is 8.00. The summed E-state index contributed by atoms with van der Waals surface area (Å²) >= 11 is 1.56. The average molecular weight is 356 g/mol. The molecule has 0 radical (unpaired) electrons. The van der Waals surface area contributed by atoms with Crippen molar-refractivity contribution < 1.29 is 9.53 Å². The lowest BCUT2D eigenvalue weighted by Crippen LogP contribution is -2.36. The summed E-state index contributed by atoms with van der Waals surface area (Å²) in [7, 11) is 0. The monoisotopic (exact) mass is 356 g/mol. The van der Waals surface area contributed by atoms with Gasteiger partial charge in [0, 0.05) is 29.4 Å². The van der Waals surface area contributed by atoms with Gasteiger partial charge in [-0.2, -0.15) is 0 Å². The molecule has 0 spiro atoms. The molecule has 5 heteroatoms. The van der Waals surface area contributed by atoms with E-state index >= 15 is 0 Å². The average Bonchev–Trinajstić information content (AvgIpc) is 2.64. The predicted octanol–water partition coefficient (Wildman–Crippen LogP) is 3.87. The Hall–Kier alpha value is -1.98. The summed E-state index contributed by atoms with van der Waals surface area (Å²) in [5.74, 6) is 0.426. The lowest BCUT2D eigenvalue weighted by atomic mass is 10.1. The Bertz CT molecular complexity index is 725. The Morgan fingerprint density at radius 3 is 2.48 bits per heavy atom. The van der Waals surface area contributed by atoms with Gasteiger partial charge >= 0.3 is 0 Å². The Kier molecular flexibility index (Phi) is 6.00. The quantitative estimate of drug-likeness (QED) is 0.826. The summed E-state index contributed by atoms with van der Waals surface area (Å²) in [5.41, 5.74) is 4.53. The number of thioether (sulfide) groups is 1. The molecule has 0 unspecified atom stereocenters. The van der Waals surface area contributed by atoms with Crippen molar-refractivity contribution in [2.24, 2.45) is 0 Å². The second-order valence-corrected chi connectivity index (χ2v) is 7.28. The fourth-order valence-electron chi connectivity index (χ4n) is 2.73. The molecule has 0 saturated carbocycles. The maximum absolute atomic E-state index is 12.2. The number of nitrogens with one attached hydrogen (secondary N) is 1. The SMILES string of the molecule is Cc1ccc(SCC(=O)Nc2ccc(N3CCOCC3)cc2)cc1C. The number of ether oxygens (including phenoxy) is 1. The number of amides is 1. The van der Waals surface area contributed by atoms with Crippen molar-refractivity contribution in [3.05, 3.63) is 53.6 Å². The molecule has 3 rings (SSSR count). The standard InChI is InChI=1S/C20H24N2O2S/c1-15-3-8-19(13-16(15)2)25-14-20(23)21-17-4-6-18(7-5-17)22-9-11-24-12-10-22/h3-8,13H,9-12,14H2,1-2H3,(H,21,23). The molecule has 1 fully saturated rings. The molecule has 25 heavy (non-hydrogen) atoms. The van der Waals surface area contributed by atoms with E-state index in [0.29, 0.717) is 5.75 Å². The van der Waals surface area contributed by atoms with E-state index in [1.54, 1.807) is 11.8 Å². The summed E-state index contributed by atoms with van der Waals surface area (Å²) < 4.78 is 5.37. The number of carbonyl (C=O) groups excluding carboxylic acids is 1. The van der Waals surface area contributed by atoms with Crippen molar-refractivity contribution in [2.45, 2.75) is 18.7 Å². The molecule has 1 saturated heterocycles. The number of anilines is 2. The van der Waals surface area contributed by atoms with E-state index in [9.17, 15) is 4.79 Å². The van der Waals surface area contributed by atoms with Gasteiger partial charge in [0.05, 0.1) is 19.0 Å². The van der Waals surface area contributed by atoms with Crippen molar-refractivity contribution in [1.82, 2.24) is 0 Å². The smallest absolute Gasteiger partial charge is 0.234 e. The van der Waals surface area contributed by atoms with Crippen molar-refractivity contribution in [3.63, 3.8) is 0 Å². The molecule has 0 aromatic heterocycles. The minimum Gasteiger partial charge on any atom is -0.378 e. The van der Waals surface area contributed by atoms with Gasteiger partial charge in [-0.05, 0) is 61.4 Å². The molecule has 1 heterocycles. The molecular formula is C20H24N2O2S. The minimum absolute atomic E-state index is 0.0161. The second-order valence-electron chi connectivity index (χ2n) is 6.23. The Morgan fingerprint density at radius 2 is 1.80 bits per heavy atom. The van der Waals surface area contributed by atoms with Crippen molar-refractivity contribution in [2.75, 3.05) is 42.3 Å². The molecule has 1 N–H and O–H groups in total. The van der Waals surface area contributed by atoms with E-state index in [1.807, 2.05) is 12.1 Å². The molecule has 0 atom stereocenters. The van der Waals surface area contributed by atoms with Crippen LogP contribution in [0.5, 0.6) is 0 Å². The van der Waals surface area contributed by atoms with Crippen LogP contribution in [0.4, 0.5) is 11.4 Å². The lowest BCUT2D eigenvalue weighted by molar-refractivity contribution is -0.113. The van der Waals surface area contributed by atoms with Gasteiger partial charge in [0.25, 0.3) is 0 Å². The molecule has 2 aromatic carbocycles. The van der Waals surface area contributed by atoms with Gasteiger partial charge in [0.15, 0.2) is 0 Å². The predicted molar refractivity (Wildman–Crippen MR) is 105 cm³/mol. The summed E-state index contributed by atoms with van der Waals surface area (Å²) in [6, 6.07) is 14.3. The number of hydrogen-bond donors (Lipinski definition) is 1. The largest absolute Gasteiger partial charge is 0.378 e.